The summed E-state index contributed by atoms with van der Waals surface area (Å²) in [6.07, 6.45) is 0.320. The van der Waals surface area contributed by atoms with E-state index in [4.69, 9.17) is 9.47 Å². The highest BCUT2D eigenvalue weighted by Gasteiger charge is 2.21. The van der Waals surface area contributed by atoms with E-state index in [9.17, 15) is 14.9 Å². The van der Waals surface area contributed by atoms with Gasteiger partial charge in [-0.1, -0.05) is 48.5 Å². The van der Waals surface area contributed by atoms with E-state index in [2.05, 4.69) is 5.32 Å². The second-order valence-corrected chi connectivity index (χ2v) is 6.51. The van der Waals surface area contributed by atoms with E-state index in [1.807, 2.05) is 42.5 Å². The number of nitrogens with zero attached hydrogens (tertiary/aromatic N) is 1. The standard InChI is InChI=1S/C24H20N2O4/c1-16(23(27)26-22-9-5-7-18-6-3-4-8-21(18)22)30-24(28)19(15-25)14-17-10-12-20(29-2)13-11-17/h3-14,16H,1-2H3,(H,26,27)/b19-14+/t16-/m0/s1. The molecule has 0 fully saturated rings. The Bertz CT molecular complexity index is 1140. The van der Waals surface area contributed by atoms with E-state index in [1.165, 1.54) is 13.0 Å². The molecule has 0 aromatic heterocycles. The normalized spacial score (nSPS) is 12.0. The van der Waals surface area contributed by atoms with Gasteiger partial charge in [0.15, 0.2) is 6.10 Å². The maximum absolute atomic E-state index is 12.5. The van der Waals surface area contributed by atoms with Crippen LogP contribution in [-0.4, -0.2) is 25.1 Å². The Kier molecular flexibility index (Phi) is 6.46. The summed E-state index contributed by atoms with van der Waals surface area (Å²) in [7, 11) is 1.55. The molecule has 1 amide bonds. The highest BCUT2D eigenvalue weighted by Crippen LogP contribution is 2.23. The number of nitrogens with one attached hydrogen (secondary N) is 1. The molecule has 1 atom stereocenters. The predicted octanol–water partition coefficient (Wildman–Crippen LogP) is 4.33. The van der Waals surface area contributed by atoms with Crippen molar-refractivity contribution >= 4 is 34.4 Å². The minimum atomic E-state index is -1.08. The van der Waals surface area contributed by atoms with Gasteiger partial charge in [-0.3, -0.25) is 4.79 Å². The average Bonchev–Trinajstić information content (AvgIpc) is 2.78. The topological polar surface area (TPSA) is 88.4 Å². The SMILES string of the molecule is COc1ccc(/C=C(\C#N)C(=O)O[C@@H](C)C(=O)Nc2cccc3ccccc23)cc1. The quantitative estimate of drug-likeness (QED) is 0.378. The van der Waals surface area contributed by atoms with Crippen LogP contribution in [0.1, 0.15) is 12.5 Å². The lowest BCUT2D eigenvalue weighted by Crippen LogP contribution is -2.30. The van der Waals surface area contributed by atoms with Crippen molar-refractivity contribution in [3.63, 3.8) is 0 Å². The molecule has 0 saturated heterocycles. The predicted molar refractivity (Wildman–Crippen MR) is 115 cm³/mol. The molecule has 0 unspecified atom stereocenters. The van der Waals surface area contributed by atoms with E-state index in [1.54, 1.807) is 37.4 Å². The number of methoxy groups -OCH3 is 1. The van der Waals surface area contributed by atoms with Gasteiger partial charge in [0.05, 0.1) is 7.11 Å². The molecule has 0 aliphatic rings. The largest absolute Gasteiger partial charge is 0.497 e. The van der Waals surface area contributed by atoms with Crippen molar-refractivity contribution in [2.24, 2.45) is 0 Å². The molecule has 6 heteroatoms. The molecule has 30 heavy (non-hydrogen) atoms. The van der Waals surface area contributed by atoms with Crippen molar-refractivity contribution in [3.8, 4) is 11.8 Å². The van der Waals surface area contributed by atoms with Crippen LogP contribution in [0.15, 0.2) is 72.3 Å². The highest BCUT2D eigenvalue weighted by molar-refractivity contribution is 6.05. The molecule has 150 valence electrons. The highest BCUT2D eigenvalue weighted by atomic mass is 16.5. The fraction of sp³-hybridized carbons (Fsp3) is 0.125. The molecule has 6 nitrogen and oxygen atoms in total. The van der Waals surface area contributed by atoms with E-state index < -0.39 is 18.0 Å². The van der Waals surface area contributed by atoms with Crippen LogP contribution in [0.3, 0.4) is 0 Å². The van der Waals surface area contributed by atoms with Gasteiger partial charge in [0.1, 0.15) is 17.4 Å². The number of ether oxygens (including phenoxy) is 2. The van der Waals surface area contributed by atoms with Gasteiger partial charge in [0.2, 0.25) is 0 Å². The van der Waals surface area contributed by atoms with Crippen LogP contribution < -0.4 is 10.1 Å². The molecule has 3 aromatic rings. The molecule has 0 spiro atoms. The zero-order valence-electron chi connectivity index (χ0n) is 16.6. The van der Waals surface area contributed by atoms with Crippen LogP contribution in [0.5, 0.6) is 5.75 Å². The Balaban J connectivity index is 1.69. The van der Waals surface area contributed by atoms with E-state index in [-0.39, 0.29) is 5.57 Å². The van der Waals surface area contributed by atoms with Crippen molar-refractivity contribution in [1.82, 2.24) is 0 Å². The Morgan fingerprint density at radius 2 is 1.73 bits per heavy atom. The van der Waals surface area contributed by atoms with Crippen LogP contribution in [0, 0.1) is 11.3 Å². The summed E-state index contributed by atoms with van der Waals surface area (Å²) in [6.45, 7) is 1.46. The van der Waals surface area contributed by atoms with Crippen LogP contribution in [0.4, 0.5) is 5.69 Å². The number of carbonyl (C=O) groups excluding carboxylic acids is 2. The van der Waals surface area contributed by atoms with Crippen molar-refractivity contribution in [2.75, 3.05) is 12.4 Å². The first-order chi connectivity index (χ1) is 14.5. The zero-order valence-corrected chi connectivity index (χ0v) is 16.6. The van der Waals surface area contributed by atoms with Gasteiger partial charge in [-0.2, -0.15) is 5.26 Å². The second-order valence-electron chi connectivity index (χ2n) is 6.51. The number of fused-ring (bicyclic) bond motifs is 1. The monoisotopic (exact) mass is 400 g/mol. The van der Waals surface area contributed by atoms with Crippen LogP contribution in [0.25, 0.3) is 16.8 Å². The molecule has 0 aliphatic carbocycles. The summed E-state index contributed by atoms with van der Waals surface area (Å²) in [6, 6.07) is 21.9. The Morgan fingerprint density at radius 1 is 1.03 bits per heavy atom. The third kappa shape index (κ3) is 4.83. The summed E-state index contributed by atoms with van der Waals surface area (Å²) < 4.78 is 10.3. The number of benzene rings is 3. The third-order valence-electron chi connectivity index (χ3n) is 4.47. The number of hydrogen-bond donors (Lipinski definition) is 1. The lowest BCUT2D eigenvalue weighted by Gasteiger charge is -2.14. The summed E-state index contributed by atoms with van der Waals surface area (Å²) in [5, 5.41) is 14.0. The lowest BCUT2D eigenvalue weighted by atomic mass is 10.1. The van der Waals surface area contributed by atoms with Crippen LogP contribution in [-0.2, 0) is 14.3 Å². The Labute approximate surface area is 174 Å². The number of carbonyl (C=O) groups is 2. The zero-order chi connectivity index (χ0) is 21.5. The number of nitriles is 1. The number of esters is 1. The number of amides is 1. The maximum atomic E-state index is 12.5. The van der Waals surface area contributed by atoms with Crippen molar-refractivity contribution < 1.29 is 19.1 Å². The van der Waals surface area contributed by atoms with Crippen molar-refractivity contribution in [3.05, 3.63) is 77.9 Å². The second kappa shape index (κ2) is 9.39. The van der Waals surface area contributed by atoms with Gasteiger partial charge in [0, 0.05) is 11.1 Å². The van der Waals surface area contributed by atoms with Gasteiger partial charge >= 0.3 is 5.97 Å². The Morgan fingerprint density at radius 3 is 2.43 bits per heavy atom. The first-order valence-corrected chi connectivity index (χ1v) is 9.27. The molecule has 0 radical (unpaired) electrons. The summed E-state index contributed by atoms with van der Waals surface area (Å²) >= 11 is 0. The van der Waals surface area contributed by atoms with Gasteiger partial charge < -0.3 is 14.8 Å². The summed E-state index contributed by atoms with van der Waals surface area (Å²) in [4.78, 5) is 24.9. The minimum Gasteiger partial charge on any atom is -0.497 e. The minimum absolute atomic E-state index is 0.204. The van der Waals surface area contributed by atoms with Gasteiger partial charge in [-0.25, -0.2) is 4.79 Å². The van der Waals surface area contributed by atoms with Crippen LogP contribution >= 0.6 is 0 Å². The lowest BCUT2D eigenvalue weighted by molar-refractivity contribution is -0.148. The van der Waals surface area contributed by atoms with Gasteiger partial charge in [0.25, 0.3) is 5.91 Å². The number of hydrogen-bond acceptors (Lipinski definition) is 5. The smallest absolute Gasteiger partial charge is 0.349 e. The summed E-state index contributed by atoms with van der Waals surface area (Å²) in [5.74, 6) is -0.692. The third-order valence-corrected chi connectivity index (χ3v) is 4.47. The van der Waals surface area contributed by atoms with E-state index in [0.717, 1.165) is 10.8 Å². The fourth-order valence-electron chi connectivity index (χ4n) is 2.85. The first kappa shape index (κ1) is 20.6. The molecule has 1 N–H and O–H groups in total. The molecule has 0 aliphatic heterocycles. The maximum Gasteiger partial charge on any atom is 0.349 e. The van der Waals surface area contributed by atoms with E-state index in [0.29, 0.717) is 17.0 Å². The van der Waals surface area contributed by atoms with Crippen LogP contribution in [0.2, 0.25) is 0 Å². The van der Waals surface area contributed by atoms with Crippen molar-refractivity contribution in [2.45, 2.75) is 13.0 Å². The Hall–Kier alpha value is -4.11. The molecular formula is C24H20N2O4. The molecular weight excluding hydrogens is 380 g/mol. The average molecular weight is 400 g/mol. The van der Waals surface area contributed by atoms with Crippen molar-refractivity contribution in [1.29, 1.82) is 5.26 Å². The van der Waals surface area contributed by atoms with Gasteiger partial charge in [-0.05, 0) is 42.1 Å². The molecule has 0 heterocycles. The molecule has 0 saturated carbocycles. The fourth-order valence-corrected chi connectivity index (χ4v) is 2.85. The van der Waals surface area contributed by atoms with Gasteiger partial charge in [-0.15, -0.1) is 0 Å². The number of rotatable bonds is 6. The summed E-state index contributed by atoms with van der Waals surface area (Å²) in [5.41, 5.74) is 1.05. The van der Waals surface area contributed by atoms with E-state index >= 15 is 0 Å². The number of anilines is 1. The molecule has 3 aromatic carbocycles. The molecule has 3 rings (SSSR count). The molecule has 0 bridgehead atoms. The first-order valence-electron chi connectivity index (χ1n) is 9.27.